The van der Waals surface area contributed by atoms with Crippen molar-refractivity contribution in [1.29, 1.82) is 0 Å². The molecule has 3 N–H and O–H groups in total. The van der Waals surface area contributed by atoms with Crippen molar-refractivity contribution in [3.63, 3.8) is 0 Å². The highest BCUT2D eigenvalue weighted by atomic mass is 16.2. The van der Waals surface area contributed by atoms with Crippen LogP contribution in [-0.2, 0) is 9.59 Å². The van der Waals surface area contributed by atoms with Crippen LogP contribution in [0.5, 0.6) is 0 Å². The number of amides is 2. The standard InChI is InChI=1S/C18H20N4O2/c23-16(18(9-1-10-18)17(24)21-14-6-7-14)20-13-4-2-12(3-5-13)15-8-11-19-22-15/h2-5,8,11,14H,1,6-7,9-10H2,(H,19,22)(H,20,23)(H,21,24). The van der Waals surface area contributed by atoms with E-state index in [1.54, 1.807) is 6.20 Å². The van der Waals surface area contributed by atoms with E-state index in [1.165, 1.54) is 0 Å². The Labute approximate surface area is 140 Å². The second-order valence-electron chi connectivity index (χ2n) is 6.69. The summed E-state index contributed by atoms with van der Waals surface area (Å²) in [5, 5.41) is 12.7. The van der Waals surface area contributed by atoms with Crippen molar-refractivity contribution in [2.75, 3.05) is 5.32 Å². The van der Waals surface area contributed by atoms with Crippen molar-refractivity contribution < 1.29 is 9.59 Å². The molecule has 124 valence electrons. The zero-order chi connectivity index (χ0) is 16.6. The molecule has 0 atom stereocenters. The third kappa shape index (κ3) is 2.68. The van der Waals surface area contributed by atoms with Gasteiger partial charge in [-0.3, -0.25) is 14.7 Å². The Kier molecular flexibility index (Phi) is 3.59. The van der Waals surface area contributed by atoms with E-state index in [0.29, 0.717) is 18.5 Å². The number of rotatable bonds is 5. The van der Waals surface area contributed by atoms with Crippen LogP contribution in [0.2, 0.25) is 0 Å². The van der Waals surface area contributed by atoms with Gasteiger partial charge in [-0.05, 0) is 49.4 Å². The fourth-order valence-corrected chi connectivity index (χ4v) is 3.04. The fraction of sp³-hybridized carbons (Fsp3) is 0.389. The number of carbonyl (C=O) groups is 2. The molecule has 6 heteroatoms. The summed E-state index contributed by atoms with van der Waals surface area (Å²) in [5.41, 5.74) is 1.74. The molecule has 4 rings (SSSR count). The van der Waals surface area contributed by atoms with E-state index in [-0.39, 0.29) is 17.9 Å². The Balaban J connectivity index is 1.45. The number of hydrogen-bond donors (Lipinski definition) is 3. The van der Waals surface area contributed by atoms with Crippen LogP contribution in [0.3, 0.4) is 0 Å². The van der Waals surface area contributed by atoms with Crippen molar-refractivity contribution in [2.45, 2.75) is 38.1 Å². The first kappa shape index (κ1) is 14.9. The fourth-order valence-electron chi connectivity index (χ4n) is 3.04. The number of carbonyl (C=O) groups excluding carboxylic acids is 2. The quantitative estimate of drug-likeness (QED) is 0.738. The lowest BCUT2D eigenvalue weighted by atomic mass is 9.67. The van der Waals surface area contributed by atoms with Gasteiger partial charge in [-0.25, -0.2) is 0 Å². The van der Waals surface area contributed by atoms with Crippen LogP contribution < -0.4 is 10.6 Å². The van der Waals surface area contributed by atoms with Crippen LogP contribution in [-0.4, -0.2) is 28.1 Å². The summed E-state index contributed by atoms with van der Waals surface area (Å²) in [6.45, 7) is 0. The van der Waals surface area contributed by atoms with Gasteiger partial charge in [0.25, 0.3) is 0 Å². The maximum atomic E-state index is 12.7. The second-order valence-corrected chi connectivity index (χ2v) is 6.69. The highest BCUT2D eigenvalue weighted by Crippen LogP contribution is 2.43. The third-order valence-corrected chi connectivity index (χ3v) is 4.94. The van der Waals surface area contributed by atoms with Crippen LogP contribution in [0.4, 0.5) is 5.69 Å². The Hall–Kier alpha value is -2.63. The molecule has 0 radical (unpaired) electrons. The van der Waals surface area contributed by atoms with Gasteiger partial charge in [0.1, 0.15) is 5.41 Å². The zero-order valence-corrected chi connectivity index (χ0v) is 13.3. The molecule has 0 spiro atoms. The molecule has 1 aromatic carbocycles. The summed E-state index contributed by atoms with van der Waals surface area (Å²) in [4.78, 5) is 25.1. The molecule has 0 aliphatic heterocycles. The first-order valence-corrected chi connectivity index (χ1v) is 8.40. The lowest BCUT2D eigenvalue weighted by molar-refractivity contribution is -0.146. The van der Waals surface area contributed by atoms with Gasteiger partial charge in [0.15, 0.2) is 0 Å². The molecule has 6 nitrogen and oxygen atoms in total. The number of nitrogens with zero attached hydrogens (tertiary/aromatic N) is 1. The number of hydrogen-bond acceptors (Lipinski definition) is 3. The molecule has 2 amide bonds. The number of aromatic nitrogens is 2. The summed E-state index contributed by atoms with van der Waals surface area (Å²) in [6, 6.07) is 9.69. The largest absolute Gasteiger partial charge is 0.352 e. The topological polar surface area (TPSA) is 86.9 Å². The summed E-state index contributed by atoms with van der Waals surface area (Å²) < 4.78 is 0. The van der Waals surface area contributed by atoms with Gasteiger partial charge in [-0.2, -0.15) is 5.10 Å². The SMILES string of the molecule is O=C(Nc1ccc(-c2ccn[nH]2)cc1)C1(C(=O)NC2CC2)CCC1. The molecule has 2 fully saturated rings. The summed E-state index contributed by atoms with van der Waals surface area (Å²) in [5.74, 6) is -0.302. The third-order valence-electron chi connectivity index (χ3n) is 4.94. The summed E-state index contributed by atoms with van der Waals surface area (Å²) in [6.07, 6.45) is 5.93. The van der Waals surface area contributed by atoms with Crippen molar-refractivity contribution in [2.24, 2.45) is 5.41 Å². The van der Waals surface area contributed by atoms with Crippen molar-refractivity contribution in [3.05, 3.63) is 36.5 Å². The summed E-state index contributed by atoms with van der Waals surface area (Å²) in [7, 11) is 0. The molecule has 24 heavy (non-hydrogen) atoms. The number of aromatic amines is 1. The number of H-pyrrole nitrogens is 1. The van der Waals surface area contributed by atoms with Crippen LogP contribution in [0.1, 0.15) is 32.1 Å². The minimum Gasteiger partial charge on any atom is -0.352 e. The maximum absolute atomic E-state index is 12.7. The first-order chi connectivity index (χ1) is 11.7. The van der Waals surface area contributed by atoms with Gasteiger partial charge in [0.2, 0.25) is 11.8 Å². The van der Waals surface area contributed by atoms with E-state index in [2.05, 4.69) is 20.8 Å². The molecule has 0 saturated heterocycles. The molecular weight excluding hydrogens is 304 g/mol. The van der Waals surface area contributed by atoms with Gasteiger partial charge < -0.3 is 10.6 Å². The van der Waals surface area contributed by atoms with Gasteiger partial charge >= 0.3 is 0 Å². The molecule has 0 unspecified atom stereocenters. The van der Waals surface area contributed by atoms with Crippen LogP contribution in [0.25, 0.3) is 11.3 Å². The number of benzene rings is 1. The zero-order valence-electron chi connectivity index (χ0n) is 13.3. The molecule has 1 heterocycles. The van der Waals surface area contributed by atoms with Gasteiger partial charge in [-0.1, -0.05) is 18.6 Å². The molecule has 0 bridgehead atoms. The van der Waals surface area contributed by atoms with Gasteiger partial charge in [0, 0.05) is 17.9 Å². The molecule has 2 aliphatic carbocycles. The van der Waals surface area contributed by atoms with E-state index >= 15 is 0 Å². The average molecular weight is 324 g/mol. The molecule has 2 aliphatic rings. The maximum Gasteiger partial charge on any atom is 0.240 e. The van der Waals surface area contributed by atoms with Gasteiger partial charge in [-0.15, -0.1) is 0 Å². The van der Waals surface area contributed by atoms with E-state index in [4.69, 9.17) is 0 Å². The van der Waals surface area contributed by atoms with Crippen molar-refractivity contribution >= 4 is 17.5 Å². The summed E-state index contributed by atoms with van der Waals surface area (Å²) >= 11 is 0. The molecule has 1 aromatic heterocycles. The van der Waals surface area contributed by atoms with Crippen molar-refractivity contribution in [1.82, 2.24) is 15.5 Å². The molecular formula is C18H20N4O2. The van der Waals surface area contributed by atoms with Crippen molar-refractivity contribution in [3.8, 4) is 11.3 Å². The van der Waals surface area contributed by atoms with Crippen LogP contribution >= 0.6 is 0 Å². The highest BCUT2D eigenvalue weighted by molar-refractivity contribution is 6.11. The van der Waals surface area contributed by atoms with Gasteiger partial charge in [0.05, 0.1) is 5.69 Å². The minimum absolute atomic E-state index is 0.108. The predicted octanol–water partition coefficient (Wildman–Crippen LogP) is 2.46. The van der Waals surface area contributed by atoms with Crippen LogP contribution in [0.15, 0.2) is 36.5 Å². The normalized spacial score (nSPS) is 18.5. The molecule has 2 saturated carbocycles. The number of anilines is 1. The lowest BCUT2D eigenvalue weighted by Crippen LogP contribution is -2.53. The first-order valence-electron chi connectivity index (χ1n) is 8.40. The monoisotopic (exact) mass is 324 g/mol. The van der Waals surface area contributed by atoms with E-state index in [9.17, 15) is 9.59 Å². The Morgan fingerprint density at radius 2 is 1.83 bits per heavy atom. The lowest BCUT2D eigenvalue weighted by Gasteiger charge is -2.38. The second kappa shape index (κ2) is 5.78. The van der Waals surface area contributed by atoms with Crippen LogP contribution in [0, 0.1) is 5.41 Å². The van der Waals surface area contributed by atoms with E-state index in [0.717, 1.165) is 30.5 Å². The highest BCUT2D eigenvalue weighted by Gasteiger charge is 2.51. The molecule has 2 aromatic rings. The Morgan fingerprint density at radius 1 is 1.08 bits per heavy atom. The Bertz CT molecular complexity index is 744. The smallest absolute Gasteiger partial charge is 0.240 e. The minimum atomic E-state index is -0.884. The Morgan fingerprint density at radius 3 is 2.38 bits per heavy atom. The van der Waals surface area contributed by atoms with E-state index in [1.807, 2.05) is 30.3 Å². The number of nitrogens with one attached hydrogen (secondary N) is 3. The average Bonchev–Trinajstić information content (AvgIpc) is 3.16. The predicted molar refractivity (Wildman–Crippen MR) is 90.1 cm³/mol. The van der Waals surface area contributed by atoms with E-state index < -0.39 is 5.41 Å².